The van der Waals surface area contributed by atoms with Crippen LogP contribution in [0.3, 0.4) is 0 Å². The van der Waals surface area contributed by atoms with Gasteiger partial charge in [-0.05, 0) is 36.8 Å². The maximum absolute atomic E-state index is 13.2. The zero-order chi connectivity index (χ0) is 17.8. The van der Waals surface area contributed by atoms with Gasteiger partial charge in [0.1, 0.15) is 6.04 Å². The Labute approximate surface area is 162 Å². The van der Waals surface area contributed by atoms with E-state index in [0.717, 1.165) is 25.7 Å². The molecule has 1 saturated heterocycles. The number of hydrogen-bond acceptors (Lipinski definition) is 3. The first-order valence-electron chi connectivity index (χ1n) is 9.41. The molecule has 1 heterocycles. The molecular formula is C20H30ClN3O2. The molecule has 1 aromatic rings. The van der Waals surface area contributed by atoms with Crippen molar-refractivity contribution in [3.8, 4) is 0 Å². The summed E-state index contributed by atoms with van der Waals surface area (Å²) >= 11 is 0. The van der Waals surface area contributed by atoms with Crippen LogP contribution in [0.15, 0.2) is 30.3 Å². The molecule has 0 radical (unpaired) electrons. The number of nitrogens with one attached hydrogen (secondary N) is 1. The Morgan fingerprint density at radius 2 is 1.85 bits per heavy atom. The number of carbonyl (C=O) groups excluding carboxylic acids is 2. The first-order valence-corrected chi connectivity index (χ1v) is 9.41. The normalized spacial score (nSPS) is 24.2. The fraction of sp³-hybridized carbons (Fsp3) is 0.600. The number of nitrogens with two attached hydrogens (primary N) is 1. The van der Waals surface area contributed by atoms with Crippen molar-refractivity contribution in [2.24, 2.45) is 17.6 Å². The monoisotopic (exact) mass is 379 g/mol. The number of amides is 2. The number of benzene rings is 1. The van der Waals surface area contributed by atoms with E-state index in [4.69, 9.17) is 5.73 Å². The summed E-state index contributed by atoms with van der Waals surface area (Å²) in [6.07, 6.45) is 4.33. The fourth-order valence-corrected chi connectivity index (χ4v) is 4.46. The second-order valence-electron chi connectivity index (χ2n) is 7.48. The minimum absolute atomic E-state index is 0. The number of likely N-dealkylation sites (tertiary alicyclic amines) is 1. The van der Waals surface area contributed by atoms with Gasteiger partial charge in [0.15, 0.2) is 0 Å². The minimum Gasteiger partial charge on any atom is -0.344 e. The van der Waals surface area contributed by atoms with Gasteiger partial charge in [-0.3, -0.25) is 9.59 Å². The first-order chi connectivity index (χ1) is 12.1. The molecule has 144 valence electrons. The van der Waals surface area contributed by atoms with Crippen molar-refractivity contribution in [2.45, 2.75) is 44.6 Å². The quantitative estimate of drug-likeness (QED) is 0.824. The van der Waals surface area contributed by atoms with E-state index in [9.17, 15) is 9.59 Å². The molecule has 0 spiro atoms. The van der Waals surface area contributed by atoms with Crippen LogP contribution in [0.4, 0.5) is 0 Å². The first kappa shape index (κ1) is 20.7. The molecule has 1 aliphatic heterocycles. The van der Waals surface area contributed by atoms with Crippen LogP contribution in [0.2, 0.25) is 0 Å². The third-order valence-corrected chi connectivity index (χ3v) is 5.78. The molecular weight excluding hydrogens is 350 g/mol. The topological polar surface area (TPSA) is 75.4 Å². The largest absolute Gasteiger partial charge is 0.344 e. The molecule has 1 unspecified atom stereocenters. The van der Waals surface area contributed by atoms with E-state index in [1.165, 1.54) is 12.5 Å². The van der Waals surface area contributed by atoms with E-state index < -0.39 is 0 Å². The second kappa shape index (κ2) is 9.38. The molecule has 26 heavy (non-hydrogen) atoms. The summed E-state index contributed by atoms with van der Waals surface area (Å²) in [5, 5.41) is 2.92. The summed E-state index contributed by atoms with van der Waals surface area (Å²) in [5.41, 5.74) is 7.24. The van der Waals surface area contributed by atoms with Crippen molar-refractivity contribution >= 4 is 24.2 Å². The lowest BCUT2D eigenvalue weighted by Gasteiger charge is -2.28. The van der Waals surface area contributed by atoms with Gasteiger partial charge in [-0.25, -0.2) is 0 Å². The number of carbonyl (C=O) groups is 2. The summed E-state index contributed by atoms with van der Waals surface area (Å²) in [6.45, 7) is 3.43. The summed E-state index contributed by atoms with van der Waals surface area (Å²) < 4.78 is 0. The molecule has 6 heteroatoms. The average molecular weight is 380 g/mol. The summed E-state index contributed by atoms with van der Waals surface area (Å²) in [7, 11) is 0. The Bertz CT molecular complexity index is 604. The van der Waals surface area contributed by atoms with E-state index in [-0.39, 0.29) is 48.0 Å². The van der Waals surface area contributed by atoms with Gasteiger partial charge in [-0.1, -0.05) is 43.2 Å². The SMILES string of the molecule is CC(=O)NC(C(=O)N1C[C@@H](CN)[C@H](c2ccccc2)C1)C1CCCC1.Cl. The maximum Gasteiger partial charge on any atom is 0.245 e. The minimum atomic E-state index is -0.382. The summed E-state index contributed by atoms with van der Waals surface area (Å²) in [6, 6.07) is 9.92. The highest BCUT2D eigenvalue weighted by Crippen LogP contribution is 2.34. The zero-order valence-corrected chi connectivity index (χ0v) is 16.2. The molecule has 3 rings (SSSR count). The van der Waals surface area contributed by atoms with Crippen LogP contribution in [-0.4, -0.2) is 42.4 Å². The standard InChI is InChI=1S/C20H29N3O2.ClH/c1-14(24)22-19(16-9-5-6-10-16)20(25)23-12-17(11-21)18(13-23)15-7-3-2-4-8-15;/h2-4,7-8,16-19H,5-6,9-13,21H2,1H3,(H,22,24);1H/t17-,18+,19?;/m1./s1. The lowest BCUT2D eigenvalue weighted by Crippen LogP contribution is -2.51. The van der Waals surface area contributed by atoms with Crippen LogP contribution in [0.1, 0.15) is 44.1 Å². The molecule has 1 aliphatic carbocycles. The predicted octanol–water partition coefficient (Wildman–Crippen LogP) is 2.30. The highest BCUT2D eigenvalue weighted by Gasteiger charge is 2.40. The lowest BCUT2D eigenvalue weighted by atomic mass is 9.89. The van der Waals surface area contributed by atoms with Gasteiger partial charge in [-0.2, -0.15) is 0 Å². The molecule has 3 atom stereocenters. The van der Waals surface area contributed by atoms with Crippen molar-refractivity contribution < 1.29 is 9.59 Å². The molecule has 3 N–H and O–H groups in total. The Morgan fingerprint density at radius 1 is 1.19 bits per heavy atom. The summed E-state index contributed by atoms with van der Waals surface area (Å²) in [4.78, 5) is 26.7. The van der Waals surface area contributed by atoms with Crippen LogP contribution in [-0.2, 0) is 9.59 Å². The van der Waals surface area contributed by atoms with E-state index in [0.29, 0.717) is 19.6 Å². The van der Waals surface area contributed by atoms with E-state index in [2.05, 4.69) is 17.4 Å². The molecule has 2 fully saturated rings. The number of halogens is 1. The van der Waals surface area contributed by atoms with E-state index in [1.54, 1.807) is 0 Å². The van der Waals surface area contributed by atoms with E-state index >= 15 is 0 Å². The molecule has 5 nitrogen and oxygen atoms in total. The van der Waals surface area contributed by atoms with Crippen LogP contribution in [0.25, 0.3) is 0 Å². The average Bonchev–Trinajstić information content (AvgIpc) is 3.29. The third-order valence-electron chi connectivity index (χ3n) is 5.78. The van der Waals surface area contributed by atoms with Crippen molar-refractivity contribution in [1.82, 2.24) is 10.2 Å². The van der Waals surface area contributed by atoms with Gasteiger partial charge in [0.25, 0.3) is 0 Å². The maximum atomic E-state index is 13.2. The van der Waals surface area contributed by atoms with Crippen LogP contribution >= 0.6 is 12.4 Å². The van der Waals surface area contributed by atoms with Gasteiger partial charge in [0, 0.05) is 25.9 Å². The molecule has 1 aromatic carbocycles. The van der Waals surface area contributed by atoms with Gasteiger partial charge >= 0.3 is 0 Å². The van der Waals surface area contributed by atoms with Crippen LogP contribution in [0.5, 0.6) is 0 Å². The highest BCUT2D eigenvalue weighted by atomic mass is 35.5. The lowest BCUT2D eigenvalue weighted by molar-refractivity contribution is -0.136. The predicted molar refractivity (Wildman–Crippen MR) is 105 cm³/mol. The van der Waals surface area contributed by atoms with Crippen LogP contribution < -0.4 is 11.1 Å². The highest BCUT2D eigenvalue weighted by molar-refractivity contribution is 5.87. The molecule has 2 aliphatic rings. The van der Waals surface area contributed by atoms with Gasteiger partial charge in [0.2, 0.25) is 11.8 Å². The van der Waals surface area contributed by atoms with Crippen molar-refractivity contribution in [3.05, 3.63) is 35.9 Å². The number of hydrogen-bond donors (Lipinski definition) is 2. The molecule has 0 bridgehead atoms. The summed E-state index contributed by atoms with van der Waals surface area (Å²) in [5.74, 6) is 0.756. The van der Waals surface area contributed by atoms with Crippen molar-refractivity contribution in [2.75, 3.05) is 19.6 Å². The molecule has 0 aromatic heterocycles. The van der Waals surface area contributed by atoms with Crippen molar-refractivity contribution in [1.29, 1.82) is 0 Å². The molecule has 1 saturated carbocycles. The van der Waals surface area contributed by atoms with Gasteiger partial charge < -0.3 is 16.0 Å². The second-order valence-corrected chi connectivity index (χ2v) is 7.48. The van der Waals surface area contributed by atoms with E-state index in [1.807, 2.05) is 23.1 Å². The van der Waals surface area contributed by atoms with Gasteiger partial charge in [-0.15, -0.1) is 12.4 Å². The number of rotatable bonds is 5. The number of nitrogens with zero attached hydrogens (tertiary/aromatic N) is 1. The Morgan fingerprint density at radius 3 is 2.42 bits per heavy atom. The molecule has 2 amide bonds. The zero-order valence-electron chi connectivity index (χ0n) is 15.4. The third kappa shape index (κ3) is 4.57. The smallest absolute Gasteiger partial charge is 0.245 e. The van der Waals surface area contributed by atoms with Crippen molar-refractivity contribution in [3.63, 3.8) is 0 Å². The van der Waals surface area contributed by atoms with Gasteiger partial charge in [0.05, 0.1) is 0 Å². The van der Waals surface area contributed by atoms with Crippen LogP contribution in [0, 0.1) is 11.8 Å². The Hall–Kier alpha value is -1.59. The fourth-order valence-electron chi connectivity index (χ4n) is 4.46. The Balaban J connectivity index is 0.00000243. The Kier molecular flexibility index (Phi) is 7.47.